The highest BCUT2D eigenvalue weighted by Crippen LogP contribution is 2.18. The Hall–Kier alpha value is -1.06. The molecular weight excluding hydrogens is 254 g/mol. The predicted molar refractivity (Wildman–Crippen MR) is 81.4 cm³/mol. The first-order valence-electron chi connectivity index (χ1n) is 8.09. The summed E-state index contributed by atoms with van der Waals surface area (Å²) in [6.07, 6.45) is 11.9. The zero-order valence-corrected chi connectivity index (χ0v) is 12.9. The Balaban J connectivity index is 3.55. The van der Waals surface area contributed by atoms with Crippen LogP contribution < -0.4 is 5.73 Å². The van der Waals surface area contributed by atoms with Crippen LogP contribution in [0.5, 0.6) is 0 Å². The first kappa shape index (κ1) is 18.9. The molecule has 0 rings (SSSR count). The van der Waals surface area contributed by atoms with E-state index in [1.807, 2.05) is 0 Å². The smallest absolute Gasteiger partial charge is 0.306 e. The molecule has 0 radical (unpaired) electrons. The zero-order valence-electron chi connectivity index (χ0n) is 12.9. The number of unbranched alkanes of at least 4 members (excludes halogenated alkanes) is 7. The minimum Gasteiger partial charge on any atom is -0.481 e. The van der Waals surface area contributed by atoms with Crippen LogP contribution >= 0.6 is 0 Å². The van der Waals surface area contributed by atoms with E-state index in [9.17, 15) is 9.59 Å². The lowest BCUT2D eigenvalue weighted by Crippen LogP contribution is -2.16. The minimum absolute atomic E-state index is 0.293. The molecule has 0 aliphatic carbocycles. The molecule has 1 atom stereocenters. The summed E-state index contributed by atoms with van der Waals surface area (Å²) in [5.41, 5.74) is 5.06. The van der Waals surface area contributed by atoms with E-state index in [-0.39, 0.29) is 11.8 Å². The number of carboxylic acid groups (broad SMARTS) is 1. The van der Waals surface area contributed by atoms with Crippen LogP contribution in [-0.4, -0.2) is 17.0 Å². The molecule has 0 fully saturated rings. The number of amides is 1. The van der Waals surface area contributed by atoms with E-state index in [1.54, 1.807) is 0 Å². The Kier molecular flexibility index (Phi) is 12.3. The first-order valence-corrected chi connectivity index (χ1v) is 8.09. The maximum atomic E-state index is 11.1. The van der Waals surface area contributed by atoms with Crippen LogP contribution in [0.3, 0.4) is 0 Å². The van der Waals surface area contributed by atoms with Gasteiger partial charge in [0, 0.05) is 6.42 Å². The number of nitrogens with two attached hydrogens (primary N) is 1. The topological polar surface area (TPSA) is 80.4 Å². The fraction of sp³-hybridized carbons (Fsp3) is 0.875. The molecule has 0 aromatic rings. The average molecular weight is 285 g/mol. The lowest BCUT2D eigenvalue weighted by atomic mass is 9.95. The summed E-state index contributed by atoms with van der Waals surface area (Å²) in [6, 6.07) is 0. The standard InChI is InChI=1S/C16H31NO3/c1-2-3-4-5-6-7-8-9-11-14(16(19)20)12-10-13-15(17)18/h14H,2-13H2,1H3,(H2,17,18)(H,19,20). The van der Waals surface area contributed by atoms with Gasteiger partial charge in [-0.1, -0.05) is 58.3 Å². The normalized spacial score (nSPS) is 12.2. The van der Waals surface area contributed by atoms with E-state index in [2.05, 4.69) is 6.92 Å². The fourth-order valence-electron chi connectivity index (χ4n) is 2.44. The summed E-state index contributed by atoms with van der Waals surface area (Å²) >= 11 is 0. The molecule has 0 aliphatic heterocycles. The Labute approximate surface area is 123 Å². The Bertz CT molecular complexity index is 266. The molecule has 0 aromatic carbocycles. The van der Waals surface area contributed by atoms with Gasteiger partial charge in [-0.15, -0.1) is 0 Å². The minimum atomic E-state index is -0.739. The lowest BCUT2D eigenvalue weighted by Gasteiger charge is -2.11. The largest absolute Gasteiger partial charge is 0.481 e. The highest BCUT2D eigenvalue weighted by atomic mass is 16.4. The molecule has 0 heterocycles. The van der Waals surface area contributed by atoms with Crippen molar-refractivity contribution in [3.8, 4) is 0 Å². The molecule has 0 saturated carbocycles. The van der Waals surface area contributed by atoms with E-state index in [0.717, 1.165) is 19.3 Å². The summed E-state index contributed by atoms with van der Waals surface area (Å²) in [5, 5.41) is 9.12. The van der Waals surface area contributed by atoms with E-state index in [4.69, 9.17) is 10.8 Å². The van der Waals surface area contributed by atoms with Crippen LogP contribution in [-0.2, 0) is 9.59 Å². The van der Waals surface area contributed by atoms with Crippen LogP contribution in [0.4, 0.5) is 0 Å². The van der Waals surface area contributed by atoms with Crippen molar-refractivity contribution in [2.45, 2.75) is 84.0 Å². The second-order valence-corrected chi connectivity index (χ2v) is 5.66. The third-order valence-electron chi connectivity index (χ3n) is 3.73. The SMILES string of the molecule is CCCCCCCCCCC(CCCC(N)=O)C(=O)O. The lowest BCUT2D eigenvalue weighted by molar-refractivity contribution is -0.142. The molecule has 0 spiro atoms. The molecule has 118 valence electrons. The summed E-state index contributed by atoms with van der Waals surface area (Å²) in [5.74, 6) is -1.40. The van der Waals surface area contributed by atoms with Gasteiger partial charge in [0.15, 0.2) is 0 Å². The van der Waals surface area contributed by atoms with Gasteiger partial charge in [-0.3, -0.25) is 9.59 Å². The molecule has 0 saturated heterocycles. The molecule has 4 heteroatoms. The van der Waals surface area contributed by atoms with Crippen molar-refractivity contribution in [1.29, 1.82) is 0 Å². The molecular formula is C16H31NO3. The van der Waals surface area contributed by atoms with Gasteiger partial charge in [-0.25, -0.2) is 0 Å². The highest BCUT2D eigenvalue weighted by molar-refractivity contribution is 5.74. The Morgan fingerprint density at radius 1 is 0.900 bits per heavy atom. The van der Waals surface area contributed by atoms with Gasteiger partial charge in [0.2, 0.25) is 5.91 Å². The molecule has 3 N–H and O–H groups in total. The second kappa shape index (κ2) is 12.9. The number of aliphatic carboxylic acids is 1. The maximum Gasteiger partial charge on any atom is 0.306 e. The summed E-state index contributed by atoms with van der Waals surface area (Å²) < 4.78 is 0. The molecule has 0 aliphatic rings. The summed E-state index contributed by atoms with van der Waals surface area (Å²) in [7, 11) is 0. The number of rotatable bonds is 14. The first-order chi connectivity index (χ1) is 9.57. The van der Waals surface area contributed by atoms with Gasteiger partial charge in [0.25, 0.3) is 0 Å². The molecule has 1 amide bonds. The summed E-state index contributed by atoms with van der Waals surface area (Å²) in [4.78, 5) is 21.7. The number of hydrogen-bond acceptors (Lipinski definition) is 2. The number of carbonyl (C=O) groups excluding carboxylic acids is 1. The number of carboxylic acids is 1. The quantitative estimate of drug-likeness (QED) is 0.475. The number of carbonyl (C=O) groups is 2. The average Bonchev–Trinajstić information content (AvgIpc) is 2.39. The van der Waals surface area contributed by atoms with Crippen LogP contribution in [0.15, 0.2) is 0 Å². The number of primary amides is 1. The van der Waals surface area contributed by atoms with Crippen molar-refractivity contribution >= 4 is 11.9 Å². The van der Waals surface area contributed by atoms with E-state index >= 15 is 0 Å². The van der Waals surface area contributed by atoms with Crippen LogP contribution in [0.2, 0.25) is 0 Å². The van der Waals surface area contributed by atoms with Gasteiger partial charge < -0.3 is 10.8 Å². The highest BCUT2D eigenvalue weighted by Gasteiger charge is 2.16. The Morgan fingerprint density at radius 3 is 1.90 bits per heavy atom. The zero-order chi connectivity index (χ0) is 15.2. The monoisotopic (exact) mass is 285 g/mol. The van der Waals surface area contributed by atoms with E-state index in [1.165, 1.54) is 38.5 Å². The molecule has 0 aromatic heterocycles. The third-order valence-corrected chi connectivity index (χ3v) is 3.73. The Morgan fingerprint density at radius 2 is 1.40 bits per heavy atom. The van der Waals surface area contributed by atoms with E-state index < -0.39 is 5.97 Å². The van der Waals surface area contributed by atoms with Crippen molar-refractivity contribution in [1.82, 2.24) is 0 Å². The summed E-state index contributed by atoms with van der Waals surface area (Å²) in [6.45, 7) is 2.21. The van der Waals surface area contributed by atoms with Gasteiger partial charge >= 0.3 is 5.97 Å². The van der Waals surface area contributed by atoms with Crippen LogP contribution in [0, 0.1) is 5.92 Å². The van der Waals surface area contributed by atoms with Crippen molar-refractivity contribution in [3.63, 3.8) is 0 Å². The van der Waals surface area contributed by atoms with Gasteiger partial charge in [0.05, 0.1) is 5.92 Å². The van der Waals surface area contributed by atoms with Crippen LogP contribution in [0.1, 0.15) is 84.0 Å². The fourth-order valence-corrected chi connectivity index (χ4v) is 2.44. The van der Waals surface area contributed by atoms with Crippen molar-refractivity contribution in [2.24, 2.45) is 11.7 Å². The predicted octanol–water partition coefficient (Wildman–Crippen LogP) is 3.87. The molecule has 0 bridgehead atoms. The van der Waals surface area contributed by atoms with Crippen molar-refractivity contribution in [3.05, 3.63) is 0 Å². The van der Waals surface area contributed by atoms with Crippen molar-refractivity contribution in [2.75, 3.05) is 0 Å². The molecule has 20 heavy (non-hydrogen) atoms. The number of hydrogen-bond donors (Lipinski definition) is 2. The van der Waals surface area contributed by atoms with Gasteiger partial charge in [-0.2, -0.15) is 0 Å². The van der Waals surface area contributed by atoms with Crippen molar-refractivity contribution < 1.29 is 14.7 Å². The van der Waals surface area contributed by atoms with E-state index in [0.29, 0.717) is 19.3 Å². The molecule has 4 nitrogen and oxygen atoms in total. The third kappa shape index (κ3) is 12.0. The molecule has 1 unspecified atom stereocenters. The maximum absolute atomic E-state index is 11.1. The van der Waals surface area contributed by atoms with Crippen LogP contribution in [0.25, 0.3) is 0 Å². The second-order valence-electron chi connectivity index (χ2n) is 5.66. The van der Waals surface area contributed by atoms with Gasteiger partial charge in [0.1, 0.15) is 0 Å². The van der Waals surface area contributed by atoms with Gasteiger partial charge in [-0.05, 0) is 19.3 Å².